The molecule has 0 rings (SSSR count). The topological polar surface area (TPSA) is 58.6 Å². The van der Waals surface area contributed by atoms with E-state index in [-0.39, 0.29) is 30.7 Å². The van der Waals surface area contributed by atoms with Crippen LogP contribution in [0, 0.1) is 0 Å². The van der Waals surface area contributed by atoms with Crippen molar-refractivity contribution < 1.29 is 14.3 Å². The lowest BCUT2D eigenvalue weighted by Crippen LogP contribution is -2.38. The first-order chi connectivity index (χ1) is 7.61. The number of carbonyl (C=O) groups excluding carboxylic acids is 2. The van der Waals surface area contributed by atoms with Crippen molar-refractivity contribution >= 4 is 23.4 Å². The third kappa shape index (κ3) is 7.48. The number of carbonyl (C=O) groups is 2. The van der Waals surface area contributed by atoms with E-state index in [1.165, 1.54) is 4.90 Å². The minimum Gasteiger partial charge on any atom is -0.385 e. The lowest BCUT2D eigenvalue weighted by Gasteiger charge is -2.16. The molecule has 0 radical (unpaired) electrons. The van der Waals surface area contributed by atoms with Crippen LogP contribution in [0.4, 0.5) is 0 Å². The fraction of sp³-hybridized carbons (Fsp3) is 0.800. The van der Waals surface area contributed by atoms with E-state index < -0.39 is 0 Å². The quantitative estimate of drug-likeness (QED) is 0.496. The number of hydrogen-bond donors (Lipinski definition) is 1. The second kappa shape index (κ2) is 9.42. The lowest BCUT2D eigenvalue weighted by atomic mass is 10.4. The molecule has 94 valence electrons. The van der Waals surface area contributed by atoms with Gasteiger partial charge in [-0.1, -0.05) is 0 Å². The monoisotopic (exact) mass is 250 g/mol. The zero-order valence-electron chi connectivity index (χ0n) is 9.79. The van der Waals surface area contributed by atoms with E-state index in [1.807, 2.05) is 0 Å². The van der Waals surface area contributed by atoms with Crippen LogP contribution >= 0.6 is 11.6 Å². The number of amides is 2. The fourth-order valence-electron chi connectivity index (χ4n) is 1.08. The molecule has 0 fully saturated rings. The molecule has 0 aliphatic heterocycles. The van der Waals surface area contributed by atoms with Gasteiger partial charge in [0.05, 0.1) is 6.54 Å². The van der Waals surface area contributed by atoms with Gasteiger partial charge in [-0.2, -0.15) is 0 Å². The molecule has 0 aromatic rings. The van der Waals surface area contributed by atoms with Crippen molar-refractivity contribution in [3.63, 3.8) is 0 Å². The second-order valence-electron chi connectivity index (χ2n) is 3.39. The maximum Gasteiger partial charge on any atom is 0.239 e. The van der Waals surface area contributed by atoms with E-state index in [9.17, 15) is 9.59 Å². The van der Waals surface area contributed by atoms with Crippen molar-refractivity contribution in [3.8, 4) is 0 Å². The summed E-state index contributed by atoms with van der Waals surface area (Å²) in [6.45, 7) is 1.24. The van der Waals surface area contributed by atoms with Crippen LogP contribution in [0.25, 0.3) is 0 Å². The highest BCUT2D eigenvalue weighted by molar-refractivity contribution is 6.18. The molecule has 2 amide bonds. The largest absolute Gasteiger partial charge is 0.385 e. The third-order valence-corrected chi connectivity index (χ3v) is 2.15. The lowest BCUT2D eigenvalue weighted by molar-refractivity contribution is -0.134. The number of rotatable bonds is 8. The van der Waals surface area contributed by atoms with E-state index in [1.54, 1.807) is 14.2 Å². The average Bonchev–Trinajstić information content (AvgIpc) is 2.24. The number of alkyl halides is 1. The van der Waals surface area contributed by atoms with Gasteiger partial charge in [0.2, 0.25) is 11.8 Å². The molecule has 0 aromatic heterocycles. The Hall–Kier alpha value is -0.810. The van der Waals surface area contributed by atoms with Crippen LogP contribution in [0.3, 0.4) is 0 Å². The van der Waals surface area contributed by atoms with Crippen LogP contribution < -0.4 is 5.32 Å². The van der Waals surface area contributed by atoms with Crippen LogP contribution in [0.2, 0.25) is 0 Å². The van der Waals surface area contributed by atoms with E-state index >= 15 is 0 Å². The van der Waals surface area contributed by atoms with Crippen molar-refractivity contribution in [2.24, 2.45) is 0 Å². The number of hydrogen-bond acceptors (Lipinski definition) is 3. The Morgan fingerprint density at radius 1 is 1.44 bits per heavy atom. The van der Waals surface area contributed by atoms with Crippen molar-refractivity contribution in [2.45, 2.75) is 12.8 Å². The maximum absolute atomic E-state index is 11.3. The molecule has 16 heavy (non-hydrogen) atoms. The molecule has 0 bridgehead atoms. The van der Waals surface area contributed by atoms with E-state index in [0.29, 0.717) is 13.2 Å². The zero-order valence-corrected chi connectivity index (χ0v) is 10.5. The Labute approximate surface area is 101 Å². The minimum atomic E-state index is -0.165. The normalized spacial score (nSPS) is 9.94. The summed E-state index contributed by atoms with van der Waals surface area (Å²) >= 11 is 5.43. The van der Waals surface area contributed by atoms with Gasteiger partial charge in [-0.15, -0.1) is 11.6 Å². The molecular weight excluding hydrogens is 232 g/mol. The molecule has 0 heterocycles. The van der Waals surface area contributed by atoms with Gasteiger partial charge in [0, 0.05) is 39.6 Å². The summed E-state index contributed by atoms with van der Waals surface area (Å²) in [6.07, 6.45) is 1.02. The van der Waals surface area contributed by atoms with E-state index in [4.69, 9.17) is 16.3 Å². The molecular formula is C10H19ClN2O3. The molecule has 6 heteroatoms. The molecule has 0 saturated carbocycles. The summed E-state index contributed by atoms with van der Waals surface area (Å²) in [5.74, 6) is -0.0119. The predicted molar refractivity (Wildman–Crippen MR) is 62.5 cm³/mol. The summed E-state index contributed by atoms with van der Waals surface area (Å²) < 4.78 is 4.84. The van der Waals surface area contributed by atoms with Gasteiger partial charge in [-0.25, -0.2) is 0 Å². The average molecular weight is 251 g/mol. The first kappa shape index (κ1) is 15.2. The number of methoxy groups -OCH3 is 1. The summed E-state index contributed by atoms with van der Waals surface area (Å²) in [5, 5.41) is 2.70. The molecule has 1 N–H and O–H groups in total. The van der Waals surface area contributed by atoms with Gasteiger partial charge in [0.1, 0.15) is 0 Å². The van der Waals surface area contributed by atoms with E-state index in [0.717, 1.165) is 6.42 Å². The summed E-state index contributed by atoms with van der Waals surface area (Å²) in [4.78, 5) is 24.0. The smallest absolute Gasteiger partial charge is 0.239 e. The molecule has 0 aliphatic carbocycles. The van der Waals surface area contributed by atoms with Gasteiger partial charge < -0.3 is 15.0 Å². The number of nitrogens with one attached hydrogen (secondary N) is 1. The first-order valence-corrected chi connectivity index (χ1v) is 5.70. The molecule has 0 saturated heterocycles. The minimum absolute atomic E-state index is 0.0721. The first-order valence-electron chi connectivity index (χ1n) is 5.17. The Balaban J connectivity index is 3.65. The Kier molecular flexibility index (Phi) is 8.94. The van der Waals surface area contributed by atoms with Crippen LogP contribution in [-0.2, 0) is 14.3 Å². The van der Waals surface area contributed by atoms with Crippen molar-refractivity contribution in [3.05, 3.63) is 0 Å². The van der Waals surface area contributed by atoms with Crippen LogP contribution in [0.1, 0.15) is 12.8 Å². The summed E-state index contributed by atoms with van der Waals surface area (Å²) in [7, 11) is 3.20. The van der Waals surface area contributed by atoms with Crippen LogP contribution in [0.15, 0.2) is 0 Å². The summed E-state index contributed by atoms with van der Waals surface area (Å²) in [6, 6.07) is 0. The molecule has 0 atom stereocenters. The number of halogens is 1. The van der Waals surface area contributed by atoms with Gasteiger partial charge in [-0.3, -0.25) is 9.59 Å². The fourth-order valence-corrected chi connectivity index (χ4v) is 1.24. The van der Waals surface area contributed by atoms with Gasteiger partial charge in [0.25, 0.3) is 0 Å². The standard InChI is InChI=1S/C10H19ClN2O3/c1-13(10(15)4-5-11)8-9(14)12-6-3-7-16-2/h3-8H2,1-2H3,(H,12,14). The van der Waals surface area contributed by atoms with Gasteiger partial charge in [0.15, 0.2) is 0 Å². The van der Waals surface area contributed by atoms with Crippen molar-refractivity contribution in [1.29, 1.82) is 0 Å². The Morgan fingerprint density at radius 3 is 2.69 bits per heavy atom. The van der Waals surface area contributed by atoms with Crippen molar-refractivity contribution in [1.82, 2.24) is 10.2 Å². The third-order valence-electron chi connectivity index (χ3n) is 1.96. The highest BCUT2D eigenvalue weighted by atomic mass is 35.5. The predicted octanol–water partition coefficient (Wildman–Crippen LogP) is 0.226. The highest BCUT2D eigenvalue weighted by Crippen LogP contribution is 1.92. The van der Waals surface area contributed by atoms with E-state index in [2.05, 4.69) is 5.32 Å². The highest BCUT2D eigenvalue weighted by Gasteiger charge is 2.11. The van der Waals surface area contributed by atoms with Gasteiger partial charge >= 0.3 is 0 Å². The molecule has 0 unspecified atom stereocenters. The molecule has 5 nitrogen and oxygen atoms in total. The molecule has 0 aliphatic rings. The SMILES string of the molecule is COCCCNC(=O)CN(C)C(=O)CCCl. The molecule has 0 aromatic carbocycles. The maximum atomic E-state index is 11.3. The van der Waals surface area contributed by atoms with Crippen LogP contribution in [0.5, 0.6) is 0 Å². The Bertz CT molecular complexity index is 224. The second-order valence-corrected chi connectivity index (χ2v) is 3.76. The number of likely N-dealkylation sites (N-methyl/N-ethyl adjacent to an activating group) is 1. The van der Waals surface area contributed by atoms with Crippen molar-refractivity contribution in [2.75, 3.05) is 39.7 Å². The Morgan fingerprint density at radius 2 is 2.12 bits per heavy atom. The zero-order chi connectivity index (χ0) is 12.4. The van der Waals surface area contributed by atoms with Gasteiger partial charge in [-0.05, 0) is 6.42 Å². The molecule has 0 spiro atoms. The number of ether oxygens (including phenoxy) is 1. The summed E-state index contributed by atoms with van der Waals surface area (Å²) in [5.41, 5.74) is 0. The number of nitrogens with zero attached hydrogens (tertiary/aromatic N) is 1. The van der Waals surface area contributed by atoms with Crippen LogP contribution in [-0.4, -0.2) is 56.4 Å².